The molecule has 1 aromatic carbocycles. The maximum Gasteiger partial charge on any atom is 0.0683 e. The van der Waals surface area contributed by atoms with Crippen LogP contribution < -0.4 is 10.6 Å². The van der Waals surface area contributed by atoms with E-state index >= 15 is 0 Å². The Hall–Kier alpha value is -1.73. The average molecular weight is 286 g/mol. The van der Waals surface area contributed by atoms with Crippen molar-refractivity contribution in [2.24, 2.45) is 5.41 Å². The normalized spacial score (nSPS) is 16.7. The number of nitrogens with zero attached hydrogens (tertiary/aromatic N) is 3. The van der Waals surface area contributed by atoms with E-state index in [1.54, 1.807) is 0 Å². The van der Waals surface area contributed by atoms with Gasteiger partial charge in [-0.05, 0) is 51.4 Å². The van der Waals surface area contributed by atoms with Crippen molar-refractivity contribution in [3.8, 4) is 6.07 Å². The molecule has 1 aliphatic heterocycles. The van der Waals surface area contributed by atoms with Crippen molar-refractivity contribution < 1.29 is 0 Å². The lowest BCUT2D eigenvalue weighted by Crippen LogP contribution is -2.46. The quantitative estimate of drug-likeness (QED) is 0.846. The van der Waals surface area contributed by atoms with Crippen LogP contribution in [0.3, 0.4) is 0 Å². The lowest BCUT2D eigenvalue weighted by atomic mass is 9.90. The third-order valence-corrected chi connectivity index (χ3v) is 4.19. The number of benzene rings is 1. The molecule has 4 nitrogen and oxygen atoms in total. The van der Waals surface area contributed by atoms with Crippen LogP contribution in [0.2, 0.25) is 0 Å². The zero-order valence-electron chi connectivity index (χ0n) is 13.2. The van der Waals surface area contributed by atoms with E-state index in [0.717, 1.165) is 51.3 Å². The van der Waals surface area contributed by atoms with Crippen LogP contribution in [0.25, 0.3) is 0 Å². The molecule has 0 amide bonds. The summed E-state index contributed by atoms with van der Waals surface area (Å²) in [5, 5.41) is 9.03. The Morgan fingerprint density at radius 3 is 2.57 bits per heavy atom. The van der Waals surface area contributed by atoms with Gasteiger partial charge in [0.25, 0.3) is 0 Å². The highest BCUT2D eigenvalue weighted by Gasteiger charge is 2.19. The van der Waals surface area contributed by atoms with Crippen molar-refractivity contribution in [2.75, 3.05) is 43.4 Å². The third kappa shape index (κ3) is 4.64. The van der Waals surface area contributed by atoms with Gasteiger partial charge in [0, 0.05) is 37.6 Å². The summed E-state index contributed by atoms with van der Waals surface area (Å²) in [6, 6.07) is 10.5. The molecule has 1 heterocycles. The predicted molar refractivity (Wildman–Crippen MR) is 88.1 cm³/mol. The topological polar surface area (TPSA) is 56.3 Å². The van der Waals surface area contributed by atoms with Crippen LogP contribution in [-0.2, 0) is 0 Å². The molecule has 0 aromatic heterocycles. The zero-order chi connectivity index (χ0) is 15.3. The average Bonchev–Trinajstić information content (AvgIpc) is 2.48. The molecule has 114 valence electrons. The molecule has 1 fully saturated rings. The van der Waals surface area contributed by atoms with Gasteiger partial charge in [-0.2, -0.15) is 5.26 Å². The van der Waals surface area contributed by atoms with E-state index in [1.807, 2.05) is 32.0 Å². The molecular weight excluding hydrogens is 260 g/mol. The molecule has 4 heteroatoms. The van der Waals surface area contributed by atoms with E-state index in [-0.39, 0.29) is 5.41 Å². The maximum atomic E-state index is 9.03. The molecule has 0 bridgehead atoms. The van der Waals surface area contributed by atoms with Gasteiger partial charge >= 0.3 is 0 Å². The van der Waals surface area contributed by atoms with Crippen molar-refractivity contribution >= 4 is 11.4 Å². The molecule has 2 rings (SSSR count). The van der Waals surface area contributed by atoms with Crippen molar-refractivity contribution in [2.45, 2.75) is 26.7 Å². The second-order valence-electron chi connectivity index (χ2n) is 6.52. The van der Waals surface area contributed by atoms with Gasteiger partial charge in [0.15, 0.2) is 0 Å². The Morgan fingerprint density at radius 2 is 1.95 bits per heavy atom. The van der Waals surface area contributed by atoms with E-state index in [9.17, 15) is 0 Å². The number of hydrogen-bond acceptors (Lipinski definition) is 4. The molecule has 21 heavy (non-hydrogen) atoms. The summed E-state index contributed by atoms with van der Waals surface area (Å²) in [5.74, 6) is 0. The number of piperazine rings is 1. The van der Waals surface area contributed by atoms with Gasteiger partial charge in [-0.3, -0.25) is 4.90 Å². The van der Waals surface area contributed by atoms with Crippen LogP contribution in [0, 0.1) is 16.7 Å². The first-order valence-electron chi connectivity index (χ1n) is 7.74. The second kappa shape index (κ2) is 6.82. The van der Waals surface area contributed by atoms with Crippen molar-refractivity contribution in [1.82, 2.24) is 4.90 Å². The van der Waals surface area contributed by atoms with Crippen LogP contribution >= 0.6 is 0 Å². The second-order valence-corrected chi connectivity index (χ2v) is 6.52. The minimum Gasteiger partial charge on any atom is -0.399 e. The summed E-state index contributed by atoms with van der Waals surface area (Å²) < 4.78 is 0. The monoisotopic (exact) mass is 286 g/mol. The number of rotatable bonds is 5. The van der Waals surface area contributed by atoms with Crippen LogP contribution in [0.1, 0.15) is 26.7 Å². The molecule has 0 saturated carbocycles. The van der Waals surface area contributed by atoms with Gasteiger partial charge in [-0.1, -0.05) is 6.07 Å². The van der Waals surface area contributed by atoms with Crippen LogP contribution in [0.4, 0.5) is 11.4 Å². The summed E-state index contributed by atoms with van der Waals surface area (Å²) in [6.07, 6.45) is 2.07. The van der Waals surface area contributed by atoms with Crippen molar-refractivity contribution in [3.63, 3.8) is 0 Å². The molecule has 1 aromatic rings. The SMILES string of the molecule is CC(C)(C#N)CCCN1CCN(c2cccc(N)c2)CC1. The Kier molecular flexibility index (Phi) is 5.08. The van der Waals surface area contributed by atoms with Gasteiger partial charge in [0.05, 0.1) is 11.5 Å². The Balaban J connectivity index is 1.75. The number of hydrogen-bond donors (Lipinski definition) is 1. The third-order valence-electron chi connectivity index (χ3n) is 4.19. The number of anilines is 2. The molecule has 1 aliphatic rings. The summed E-state index contributed by atoms with van der Waals surface area (Å²) in [6.45, 7) is 9.39. The smallest absolute Gasteiger partial charge is 0.0683 e. The Bertz CT molecular complexity index is 496. The summed E-state index contributed by atoms with van der Waals surface area (Å²) in [5.41, 5.74) is 7.71. The van der Waals surface area contributed by atoms with Gasteiger partial charge in [0.1, 0.15) is 0 Å². The van der Waals surface area contributed by atoms with E-state index in [2.05, 4.69) is 21.9 Å². The van der Waals surface area contributed by atoms with Crippen molar-refractivity contribution in [1.29, 1.82) is 5.26 Å². The first-order valence-corrected chi connectivity index (χ1v) is 7.74. The molecule has 0 radical (unpaired) electrons. The first-order chi connectivity index (χ1) is 10.00. The molecule has 0 atom stereocenters. The minimum atomic E-state index is -0.191. The number of nitrogen functional groups attached to an aromatic ring is 1. The van der Waals surface area contributed by atoms with E-state index in [4.69, 9.17) is 11.0 Å². The lowest BCUT2D eigenvalue weighted by Gasteiger charge is -2.36. The summed E-state index contributed by atoms with van der Waals surface area (Å²) >= 11 is 0. The fraction of sp³-hybridized carbons (Fsp3) is 0.588. The van der Waals surface area contributed by atoms with Gasteiger partial charge in [0.2, 0.25) is 0 Å². The van der Waals surface area contributed by atoms with Gasteiger partial charge in [-0.15, -0.1) is 0 Å². The van der Waals surface area contributed by atoms with Crippen LogP contribution in [0.5, 0.6) is 0 Å². The molecular formula is C17H26N4. The predicted octanol–water partition coefficient (Wildman–Crippen LogP) is 2.72. The van der Waals surface area contributed by atoms with E-state index in [1.165, 1.54) is 5.69 Å². The highest BCUT2D eigenvalue weighted by Crippen LogP contribution is 2.22. The van der Waals surface area contributed by atoms with E-state index < -0.39 is 0 Å². The Labute approximate surface area is 128 Å². The fourth-order valence-electron chi connectivity index (χ4n) is 2.75. The van der Waals surface area contributed by atoms with E-state index in [0.29, 0.717) is 0 Å². The van der Waals surface area contributed by atoms with Gasteiger partial charge in [-0.25, -0.2) is 0 Å². The summed E-state index contributed by atoms with van der Waals surface area (Å²) in [4.78, 5) is 4.89. The maximum absolute atomic E-state index is 9.03. The van der Waals surface area contributed by atoms with Crippen molar-refractivity contribution in [3.05, 3.63) is 24.3 Å². The molecule has 0 aliphatic carbocycles. The molecule has 0 spiro atoms. The first kappa shape index (κ1) is 15.7. The zero-order valence-corrected chi connectivity index (χ0v) is 13.2. The number of nitrogens with two attached hydrogens (primary N) is 1. The Morgan fingerprint density at radius 1 is 1.24 bits per heavy atom. The van der Waals surface area contributed by atoms with Gasteiger partial charge < -0.3 is 10.6 Å². The fourth-order valence-corrected chi connectivity index (χ4v) is 2.75. The van der Waals surface area contributed by atoms with Crippen LogP contribution in [0.15, 0.2) is 24.3 Å². The highest BCUT2D eigenvalue weighted by molar-refractivity contribution is 5.56. The van der Waals surface area contributed by atoms with Crippen LogP contribution in [-0.4, -0.2) is 37.6 Å². The molecule has 1 saturated heterocycles. The highest BCUT2D eigenvalue weighted by atomic mass is 15.3. The largest absolute Gasteiger partial charge is 0.399 e. The molecule has 2 N–H and O–H groups in total. The summed E-state index contributed by atoms with van der Waals surface area (Å²) in [7, 11) is 0. The number of nitriles is 1. The minimum absolute atomic E-state index is 0.191. The standard InChI is InChI=1S/C17H26N4/c1-17(2,14-18)7-4-8-20-9-11-21(12-10-20)16-6-3-5-15(19)13-16/h3,5-6,13H,4,7-12,19H2,1-2H3. The lowest BCUT2D eigenvalue weighted by molar-refractivity contribution is 0.242. The molecule has 0 unspecified atom stereocenters.